The molecule has 2 rings (SSSR count). The second-order valence-electron chi connectivity index (χ2n) is 4.67. The minimum Gasteiger partial charge on any atom is -0.496 e. The molecule has 0 fully saturated rings. The van der Waals surface area contributed by atoms with Gasteiger partial charge in [0.25, 0.3) is 5.91 Å². The van der Waals surface area contributed by atoms with Crippen molar-refractivity contribution in [2.45, 2.75) is 6.18 Å². The minimum absolute atomic E-state index is 0.214. The first-order valence-electron chi connectivity index (χ1n) is 6.65. The van der Waals surface area contributed by atoms with E-state index in [-0.39, 0.29) is 11.1 Å². The van der Waals surface area contributed by atoms with Crippen molar-refractivity contribution < 1.29 is 22.7 Å². The van der Waals surface area contributed by atoms with Gasteiger partial charge in [0, 0.05) is 4.47 Å². The molecule has 8 heteroatoms. The maximum atomic E-state index is 12.6. The van der Waals surface area contributed by atoms with Crippen LogP contribution in [0.3, 0.4) is 0 Å². The third-order valence-corrected chi connectivity index (χ3v) is 3.49. The Labute approximate surface area is 144 Å². The van der Waals surface area contributed by atoms with Crippen molar-refractivity contribution in [3.05, 3.63) is 63.6 Å². The number of hydrazone groups is 1. The topological polar surface area (TPSA) is 50.7 Å². The third kappa shape index (κ3) is 4.58. The van der Waals surface area contributed by atoms with Crippen molar-refractivity contribution in [1.29, 1.82) is 0 Å². The normalized spacial score (nSPS) is 11.5. The van der Waals surface area contributed by atoms with Gasteiger partial charge in [-0.05, 0) is 35.9 Å². The minimum atomic E-state index is -4.43. The first-order valence-corrected chi connectivity index (χ1v) is 7.45. The standard InChI is InChI=1S/C16H12BrF3N2O2/c1-24-14-6-5-12(17)8-13(14)15(23)22-21-9-10-3-2-4-11(7-10)16(18,19)20/h2-9H,1H3,(H,22,23)/b21-9+. The first kappa shape index (κ1) is 18.0. The van der Waals surface area contributed by atoms with Crippen molar-refractivity contribution in [2.24, 2.45) is 5.10 Å². The predicted molar refractivity (Wildman–Crippen MR) is 87.2 cm³/mol. The summed E-state index contributed by atoms with van der Waals surface area (Å²) in [5, 5.41) is 3.68. The Kier molecular flexibility index (Phi) is 5.61. The molecule has 0 aliphatic carbocycles. The van der Waals surface area contributed by atoms with E-state index in [2.05, 4.69) is 26.5 Å². The summed E-state index contributed by atoms with van der Waals surface area (Å²) in [5.41, 5.74) is 1.93. The Morgan fingerprint density at radius 1 is 1.25 bits per heavy atom. The van der Waals surface area contributed by atoms with Gasteiger partial charge in [-0.2, -0.15) is 18.3 Å². The predicted octanol–water partition coefficient (Wildman–Crippen LogP) is 4.24. The first-order chi connectivity index (χ1) is 11.3. The van der Waals surface area contributed by atoms with Crippen LogP contribution in [0, 0.1) is 0 Å². The second-order valence-corrected chi connectivity index (χ2v) is 5.58. The molecule has 0 unspecified atom stereocenters. The van der Waals surface area contributed by atoms with E-state index in [0.29, 0.717) is 10.2 Å². The lowest BCUT2D eigenvalue weighted by Crippen LogP contribution is -2.18. The number of methoxy groups -OCH3 is 1. The second kappa shape index (κ2) is 7.48. The van der Waals surface area contributed by atoms with Gasteiger partial charge in [-0.1, -0.05) is 28.1 Å². The van der Waals surface area contributed by atoms with E-state index in [4.69, 9.17) is 4.74 Å². The summed E-state index contributed by atoms with van der Waals surface area (Å²) < 4.78 is 43.6. The quantitative estimate of drug-likeness (QED) is 0.616. The van der Waals surface area contributed by atoms with Gasteiger partial charge >= 0.3 is 6.18 Å². The molecule has 0 bridgehead atoms. The van der Waals surface area contributed by atoms with Gasteiger partial charge in [0.15, 0.2) is 0 Å². The van der Waals surface area contributed by atoms with Gasteiger partial charge in [0.2, 0.25) is 0 Å². The number of alkyl halides is 3. The summed E-state index contributed by atoms with van der Waals surface area (Å²) in [6, 6.07) is 9.48. The molecule has 0 aromatic heterocycles. The fourth-order valence-corrected chi connectivity index (χ4v) is 2.24. The van der Waals surface area contributed by atoms with Crippen LogP contribution in [0.4, 0.5) is 13.2 Å². The van der Waals surface area contributed by atoms with Crippen LogP contribution >= 0.6 is 15.9 Å². The summed E-state index contributed by atoms with van der Waals surface area (Å²) in [4.78, 5) is 12.1. The highest BCUT2D eigenvalue weighted by atomic mass is 79.9. The molecule has 0 aliphatic heterocycles. The van der Waals surface area contributed by atoms with E-state index in [1.165, 1.54) is 19.2 Å². The van der Waals surface area contributed by atoms with Crippen LogP contribution in [0.1, 0.15) is 21.5 Å². The van der Waals surface area contributed by atoms with E-state index >= 15 is 0 Å². The number of carbonyl (C=O) groups is 1. The van der Waals surface area contributed by atoms with Crippen molar-refractivity contribution in [2.75, 3.05) is 7.11 Å². The van der Waals surface area contributed by atoms with Crippen molar-refractivity contribution >= 4 is 28.1 Å². The maximum Gasteiger partial charge on any atom is 0.416 e. The smallest absolute Gasteiger partial charge is 0.416 e. The summed E-state index contributed by atoms with van der Waals surface area (Å²) in [7, 11) is 1.42. The lowest BCUT2D eigenvalue weighted by molar-refractivity contribution is -0.137. The van der Waals surface area contributed by atoms with Crippen molar-refractivity contribution in [1.82, 2.24) is 5.43 Å². The maximum absolute atomic E-state index is 12.6. The SMILES string of the molecule is COc1ccc(Br)cc1C(=O)N/N=C/c1cccc(C(F)(F)F)c1. The Balaban J connectivity index is 2.12. The largest absolute Gasteiger partial charge is 0.496 e. The lowest BCUT2D eigenvalue weighted by Gasteiger charge is -2.08. The molecule has 24 heavy (non-hydrogen) atoms. The van der Waals surface area contributed by atoms with Crippen molar-refractivity contribution in [3.8, 4) is 5.75 Å². The average molecular weight is 401 g/mol. The number of halogens is 4. The van der Waals surface area contributed by atoms with E-state index in [9.17, 15) is 18.0 Å². The molecule has 2 aromatic carbocycles. The van der Waals surface area contributed by atoms with Crippen LogP contribution in [0.15, 0.2) is 52.0 Å². The van der Waals surface area contributed by atoms with E-state index in [1.54, 1.807) is 18.2 Å². The van der Waals surface area contributed by atoms with Crippen LogP contribution in [-0.4, -0.2) is 19.2 Å². The van der Waals surface area contributed by atoms with Gasteiger partial charge < -0.3 is 4.74 Å². The molecule has 126 valence electrons. The average Bonchev–Trinajstić information content (AvgIpc) is 2.54. The highest BCUT2D eigenvalue weighted by Crippen LogP contribution is 2.29. The van der Waals surface area contributed by atoms with Crippen LogP contribution < -0.4 is 10.2 Å². The fraction of sp³-hybridized carbons (Fsp3) is 0.125. The van der Waals surface area contributed by atoms with Gasteiger partial charge in [-0.3, -0.25) is 4.79 Å². The number of amides is 1. The van der Waals surface area contributed by atoms with Crippen LogP contribution in [0.5, 0.6) is 5.75 Å². The van der Waals surface area contributed by atoms with E-state index in [0.717, 1.165) is 18.3 Å². The van der Waals surface area contributed by atoms with Gasteiger partial charge in [0.05, 0.1) is 24.5 Å². The number of nitrogens with zero attached hydrogens (tertiary/aromatic N) is 1. The van der Waals surface area contributed by atoms with Crippen LogP contribution in [-0.2, 0) is 6.18 Å². The molecule has 4 nitrogen and oxygen atoms in total. The van der Waals surface area contributed by atoms with Crippen LogP contribution in [0.2, 0.25) is 0 Å². The molecule has 2 aromatic rings. The summed E-state index contributed by atoms with van der Waals surface area (Å²) in [5.74, 6) is -0.193. The molecule has 0 aliphatic rings. The third-order valence-electron chi connectivity index (χ3n) is 3.00. The van der Waals surface area contributed by atoms with E-state index in [1.807, 2.05) is 0 Å². The number of ether oxygens (including phenoxy) is 1. The molecule has 0 saturated carbocycles. The molecular weight excluding hydrogens is 389 g/mol. The molecular formula is C16H12BrF3N2O2. The number of benzene rings is 2. The zero-order valence-electron chi connectivity index (χ0n) is 12.4. The molecule has 0 radical (unpaired) electrons. The molecule has 1 N–H and O–H groups in total. The molecule has 1 amide bonds. The van der Waals surface area contributed by atoms with Crippen molar-refractivity contribution in [3.63, 3.8) is 0 Å². The number of carbonyl (C=O) groups excluding carboxylic acids is 1. The Hall–Kier alpha value is -2.35. The van der Waals surface area contributed by atoms with Gasteiger partial charge in [-0.25, -0.2) is 5.43 Å². The number of rotatable bonds is 4. The number of hydrogen-bond donors (Lipinski definition) is 1. The fourth-order valence-electron chi connectivity index (χ4n) is 1.88. The number of nitrogens with one attached hydrogen (secondary N) is 1. The van der Waals surface area contributed by atoms with Gasteiger partial charge in [-0.15, -0.1) is 0 Å². The van der Waals surface area contributed by atoms with Gasteiger partial charge in [0.1, 0.15) is 5.75 Å². The zero-order valence-corrected chi connectivity index (χ0v) is 14.0. The monoisotopic (exact) mass is 400 g/mol. The van der Waals surface area contributed by atoms with E-state index < -0.39 is 17.6 Å². The Morgan fingerprint density at radius 3 is 2.67 bits per heavy atom. The Bertz CT molecular complexity index is 776. The summed E-state index contributed by atoms with van der Waals surface area (Å²) in [6.07, 6.45) is -3.30. The molecule has 0 saturated heterocycles. The molecule has 0 heterocycles. The Morgan fingerprint density at radius 2 is 2.00 bits per heavy atom. The highest BCUT2D eigenvalue weighted by Gasteiger charge is 2.30. The lowest BCUT2D eigenvalue weighted by atomic mass is 10.1. The zero-order chi connectivity index (χ0) is 17.7. The summed E-state index contributed by atoms with van der Waals surface area (Å²) >= 11 is 3.24. The number of hydrogen-bond acceptors (Lipinski definition) is 3. The summed E-state index contributed by atoms with van der Waals surface area (Å²) in [6.45, 7) is 0. The molecule has 0 atom stereocenters. The highest BCUT2D eigenvalue weighted by molar-refractivity contribution is 9.10. The molecule has 0 spiro atoms. The van der Waals surface area contributed by atoms with Crippen LogP contribution in [0.25, 0.3) is 0 Å².